The molecule has 0 fully saturated rings. The Balaban J connectivity index is 2.32. The molecule has 1 aromatic carbocycles. The van der Waals surface area contributed by atoms with Crippen molar-refractivity contribution in [2.45, 2.75) is 59.3 Å². The van der Waals surface area contributed by atoms with Gasteiger partial charge in [0.05, 0.1) is 0 Å². The third-order valence-electron chi connectivity index (χ3n) is 3.99. The van der Waals surface area contributed by atoms with Crippen LogP contribution in [0.3, 0.4) is 0 Å². The molecular formula is C19H27N3O. The Bertz CT molecular complexity index is 645. The van der Waals surface area contributed by atoms with Gasteiger partial charge in [-0.3, -0.25) is 9.89 Å². The fourth-order valence-corrected chi connectivity index (χ4v) is 2.75. The zero-order valence-corrected chi connectivity index (χ0v) is 14.7. The van der Waals surface area contributed by atoms with Crippen LogP contribution >= 0.6 is 0 Å². The van der Waals surface area contributed by atoms with E-state index in [0.29, 0.717) is 17.5 Å². The van der Waals surface area contributed by atoms with Crippen molar-refractivity contribution in [2.24, 2.45) is 0 Å². The summed E-state index contributed by atoms with van der Waals surface area (Å²) in [5.41, 5.74) is 4.70. The molecule has 0 radical (unpaired) electrons. The summed E-state index contributed by atoms with van der Waals surface area (Å²) in [7, 11) is 0. The van der Waals surface area contributed by atoms with Gasteiger partial charge in [0.15, 0.2) is 5.69 Å². The third kappa shape index (κ3) is 4.01. The van der Waals surface area contributed by atoms with Crippen molar-refractivity contribution in [1.82, 2.24) is 10.2 Å². The maximum absolute atomic E-state index is 12.6. The van der Waals surface area contributed by atoms with Crippen LogP contribution in [0.4, 0.5) is 5.69 Å². The number of benzene rings is 1. The molecule has 124 valence electrons. The fourth-order valence-electron chi connectivity index (χ4n) is 2.75. The number of para-hydroxylation sites is 1. The van der Waals surface area contributed by atoms with E-state index in [4.69, 9.17) is 0 Å². The maximum atomic E-state index is 12.6. The van der Waals surface area contributed by atoms with E-state index < -0.39 is 0 Å². The van der Waals surface area contributed by atoms with Gasteiger partial charge in [0.1, 0.15) is 0 Å². The molecule has 0 spiro atoms. The molecule has 2 N–H and O–H groups in total. The second-order valence-electron chi connectivity index (χ2n) is 6.60. The Labute approximate surface area is 138 Å². The van der Waals surface area contributed by atoms with Crippen LogP contribution < -0.4 is 5.32 Å². The summed E-state index contributed by atoms with van der Waals surface area (Å²) < 4.78 is 0. The molecule has 0 saturated heterocycles. The van der Waals surface area contributed by atoms with Crippen molar-refractivity contribution >= 4 is 11.6 Å². The standard InChI is InChI=1S/C19H27N3O/c1-6-8-14-11-17(22-21-14)19(23)20-18-15(12(2)3)9-7-10-16(18)13(4)5/h7,9-13H,6,8H2,1-5H3,(H,20,23)(H,21,22). The molecule has 1 amide bonds. The number of hydrogen-bond donors (Lipinski definition) is 2. The first-order valence-corrected chi connectivity index (χ1v) is 8.42. The average Bonchev–Trinajstić information content (AvgIpc) is 2.96. The second-order valence-corrected chi connectivity index (χ2v) is 6.60. The molecule has 4 heteroatoms. The molecule has 0 atom stereocenters. The number of carbonyl (C=O) groups excluding carboxylic acids is 1. The van der Waals surface area contributed by atoms with E-state index in [9.17, 15) is 4.79 Å². The van der Waals surface area contributed by atoms with Crippen molar-refractivity contribution < 1.29 is 4.79 Å². The summed E-state index contributed by atoms with van der Waals surface area (Å²) in [6, 6.07) is 8.07. The van der Waals surface area contributed by atoms with E-state index in [-0.39, 0.29) is 5.91 Å². The topological polar surface area (TPSA) is 57.8 Å². The van der Waals surface area contributed by atoms with Crippen molar-refractivity contribution in [3.63, 3.8) is 0 Å². The molecule has 23 heavy (non-hydrogen) atoms. The highest BCUT2D eigenvalue weighted by Gasteiger charge is 2.18. The molecule has 1 aromatic heterocycles. The van der Waals surface area contributed by atoms with Crippen molar-refractivity contribution in [3.8, 4) is 0 Å². The highest BCUT2D eigenvalue weighted by Crippen LogP contribution is 2.32. The van der Waals surface area contributed by atoms with Crippen LogP contribution in [0.1, 0.15) is 80.2 Å². The molecule has 0 aliphatic heterocycles. The smallest absolute Gasteiger partial charge is 0.276 e. The Hall–Kier alpha value is -2.10. The summed E-state index contributed by atoms with van der Waals surface area (Å²) in [4.78, 5) is 12.6. The minimum atomic E-state index is -0.154. The van der Waals surface area contributed by atoms with E-state index in [1.54, 1.807) is 0 Å². The molecular weight excluding hydrogens is 286 g/mol. The lowest BCUT2D eigenvalue weighted by Gasteiger charge is -2.19. The van der Waals surface area contributed by atoms with Gasteiger partial charge in [-0.15, -0.1) is 0 Å². The molecule has 2 rings (SSSR count). The van der Waals surface area contributed by atoms with Gasteiger partial charge in [-0.1, -0.05) is 59.2 Å². The minimum absolute atomic E-state index is 0.154. The first-order valence-electron chi connectivity index (χ1n) is 8.42. The maximum Gasteiger partial charge on any atom is 0.276 e. The number of anilines is 1. The normalized spacial score (nSPS) is 11.3. The van der Waals surface area contributed by atoms with Crippen molar-refractivity contribution in [2.75, 3.05) is 5.32 Å². The molecule has 0 saturated carbocycles. The van der Waals surface area contributed by atoms with Gasteiger partial charge < -0.3 is 5.32 Å². The van der Waals surface area contributed by atoms with Gasteiger partial charge in [-0.25, -0.2) is 0 Å². The van der Waals surface area contributed by atoms with Gasteiger partial charge >= 0.3 is 0 Å². The Morgan fingerprint density at radius 2 is 1.78 bits per heavy atom. The number of aryl methyl sites for hydroxylation is 1. The first kappa shape index (κ1) is 17.3. The number of hydrogen-bond acceptors (Lipinski definition) is 2. The van der Waals surface area contributed by atoms with Crippen LogP contribution in [0, 0.1) is 0 Å². The lowest BCUT2D eigenvalue weighted by atomic mass is 9.92. The Morgan fingerprint density at radius 1 is 1.17 bits per heavy atom. The van der Waals surface area contributed by atoms with Crippen LogP contribution in [0.5, 0.6) is 0 Å². The van der Waals surface area contributed by atoms with E-state index in [1.807, 2.05) is 6.07 Å². The number of nitrogens with zero attached hydrogens (tertiary/aromatic N) is 1. The number of aromatic nitrogens is 2. The van der Waals surface area contributed by atoms with E-state index in [0.717, 1.165) is 35.3 Å². The first-order chi connectivity index (χ1) is 10.9. The fraction of sp³-hybridized carbons (Fsp3) is 0.474. The largest absolute Gasteiger partial charge is 0.320 e. The average molecular weight is 313 g/mol. The highest BCUT2D eigenvalue weighted by molar-refractivity contribution is 6.04. The van der Waals surface area contributed by atoms with Gasteiger partial charge in [0, 0.05) is 11.4 Å². The van der Waals surface area contributed by atoms with Gasteiger partial charge in [-0.2, -0.15) is 5.10 Å². The number of amides is 1. The summed E-state index contributed by atoms with van der Waals surface area (Å²) in [5, 5.41) is 10.2. The van der Waals surface area contributed by atoms with Crippen LogP contribution in [0.2, 0.25) is 0 Å². The van der Waals surface area contributed by atoms with Crippen molar-refractivity contribution in [3.05, 3.63) is 46.8 Å². The lowest BCUT2D eigenvalue weighted by Crippen LogP contribution is -2.16. The van der Waals surface area contributed by atoms with Gasteiger partial charge in [-0.05, 0) is 35.4 Å². The van der Waals surface area contributed by atoms with Crippen LogP contribution in [0.25, 0.3) is 0 Å². The SMILES string of the molecule is CCCc1cc(C(=O)Nc2c(C(C)C)cccc2C(C)C)n[nH]1. The predicted octanol–water partition coefficient (Wildman–Crippen LogP) is 4.86. The molecule has 0 aliphatic rings. The summed E-state index contributed by atoms with van der Waals surface area (Å²) in [6.45, 7) is 10.7. The van der Waals surface area contributed by atoms with Gasteiger partial charge in [0.2, 0.25) is 0 Å². The molecule has 0 bridgehead atoms. The van der Waals surface area contributed by atoms with E-state index in [1.165, 1.54) is 0 Å². The highest BCUT2D eigenvalue weighted by atomic mass is 16.1. The van der Waals surface area contributed by atoms with Gasteiger partial charge in [0.25, 0.3) is 5.91 Å². The summed E-state index contributed by atoms with van der Waals surface area (Å²) >= 11 is 0. The number of H-pyrrole nitrogens is 1. The number of rotatable bonds is 6. The van der Waals surface area contributed by atoms with Crippen LogP contribution in [-0.4, -0.2) is 16.1 Å². The molecule has 2 aromatic rings. The molecule has 4 nitrogen and oxygen atoms in total. The number of carbonyl (C=O) groups is 1. The van der Waals surface area contributed by atoms with Crippen molar-refractivity contribution in [1.29, 1.82) is 0 Å². The number of nitrogens with one attached hydrogen (secondary N) is 2. The second kappa shape index (κ2) is 7.44. The van der Waals surface area contributed by atoms with Crippen LogP contribution in [-0.2, 0) is 6.42 Å². The molecule has 0 unspecified atom stereocenters. The summed E-state index contributed by atoms with van der Waals surface area (Å²) in [5.74, 6) is 0.538. The summed E-state index contributed by atoms with van der Waals surface area (Å²) in [6.07, 6.45) is 1.93. The zero-order chi connectivity index (χ0) is 17.0. The third-order valence-corrected chi connectivity index (χ3v) is 3.99. The number of aromatic amines is 1. The lowest BCUT2D eigenvalue weighted by molar-refractivity contribution is 0.102. The molecule has 1 heterocycles. The zero-order valence-electron chi connectivity index (χ0n) is 14.7. The molecule has 0 aliphatic carbocycles. The quantitative estimate of drug-likeness (QED) is 0.800. The predicted molar refractivity (Wildman–Crippen MR) is 95.2 cm³/mol. The van der Waals surface area contributed by atoms with E-state index in [2.05, 4.69) is 68.3 Å². The van der Waals surface area contributed by atoms with E-state index >= 15 is 0 Å². The Kier molecular flexibility index (Phi) is 5.59. The monoisotopic (exact) mass is 313 g/mol. The van der Waals surface area contributed by atoms with Crippen LogP contribution in [0.15, 0.2) is 24.3 Å². The minimum Gasteiger partial charge on any atom is -0.320 e. The Morgan fingerprint density at radius 3 is 2.30 bits per heavy atom.